The van der Waals surface area contributed by atoms with Gasteiger partial charge in [-0.1, -0.05) is 6.92 Å². The Bertz CT molecular complexity index is 551. The molecule has 3 heterocycles. The van der Waals surface area contributed by atoms with Crippen LogP contribution in [0.4, 0.5) is 5.95 Å². The molecule has 1 atom stereocenters. The molecule has 1 aliphatic heterocycles. The Morgan fingerprint density at radius 2 is 2.17 bits per heavy atom. The molecule has 2 aromatic heterocycles. The number of anilines is 1. The van der Waals surface area contributed by atoms with Gasteiger partial charge in [0.2, 0.25) is 5.95 Å². The van der Waals surface area contributed by atoms with Gasteiger partial charge < -0.3 is 4.90 Å². The van der Waals surface area contributed by atoms with Crippen LogP contribution in [0.1, 0.15) is 26.2 Å². The van der Waals surface area contributed by atoms with Crippen LogP contribution in [0.3, 0.4) is 0 Å². The van der Waals surface area contributed by atoms with Gasteiger partial charge in [0.1, 0.15) is 0 Å². The molecule has 0 aromatic carbocycles. The van der Waals surface area contributed by atoms with E-state index in [-0.39, 0.29) is 0 Å². The molecule has 0 spiro atoms. The molecule has 0 amide bonds. The lowest BCUT2D eigenvalue weighted by Gasteiger charge is -2.22. The fourth-order valence-corrected chi connectivity index (χ4v) is 2.97. The second-order valence-corrected chi connectivity index (χ2v) is 5.90. The summed E-state index contributed by atoms with van der Waals surface area (Å²) in [7, 11) is 0. The highest BCUT2D eigenvalue weighted by Crippen LogP contribution is 2.24. The highest BCUT2D eigenvalue weighted by atomic mass is 79.9. The van der Waals surface area contributed by atoms with Gasteiger partial charge in [0.25, 0.3) is 0 Å². The van der Waals surface area contributed by atoms with Crippen LogP contribution in [0.5, 0.6) is 0 Å². The van der Waals surface area contributed by atoms with Crippen LogP contribution >= 0.6 is 15.9 Å². The molecule has 18 heavy (non-hydrogen) atoms. The van der Waals surface area contributed by atoms with Crippen molar-refractivity contribution in [1.29, 1.82) is 0 Å². The lowest BCUT2D eigenvalue weighted by atomic mass is 10.0. The van der Waals surface area contributed by atoms with Gasteiger partial charge in [0.05, 0.1) is 4.47 Å². The molecule has 1 fully saturated rings. The van der Waals surface area contributed by atoms with Crippen molar-refractivity contribution in [3.63, 3.8) is 0 Å². The largest absolute Gasteiger partial charge is 0.342 e. The third kappa shape index (κ3) is 2.11. The molecule has 0 aliphatic carbocycles. The van der Waals surface area contributed by atoms with E-state index >= 15 is 0 Å². The zero-order valence-electron chi connectivity index (χ0n) is 10.5. The minimum atomic E-state index is 0.823. The smallest absolute Gasteiger partial charge is 0.211 e. The molecule has 0 N–H and O–H groups in total. The number of nitrogens with zero attached hydrogens (tertiary/aromatic N) is 4. The quantitative estimate of drug-likeness (QED) is 0.811. The first-order chi connectivity index (χ1) is 8.75. The third-order valence-corrected chi connectivity index (χ3v) is 4.22. The molecule has 1 saturated heterocycles. The summed E-state index contributed by atoms with van der Waals surface area (Å²) in [6.07, 6.45) is 9.47. The topological polar surface area (TPSA) is 33.4 Å². The molecule has 0 radical (unpaired) electrons. The number of aromatic nitrogens is 3. The number of rotatable bonds is 1. The number of hydrogen-bond acceptors (Lipinski definition) is 3. The molecular weight excluding hydrogens is 292 g/mol. The van der Waals surface area contributed by atoms with Gasteiger partial charge >= 0.3 is 0 Å². The van der Waals surface area contributed by atoms with Gasteiger partial charge in [-0.15, -0.1) is 0 Å². The summed E-state index contributed by atoms with van der Waals surface area (Å²) in [5.74, 6) is 1.84. The molecular formula is C13H17BrN4. The zero-order valence-corrected chi connectivity index (χ0v) is 12.1. The van der Waals surface area contributed by atoms with Crippen molar-refractivity contribution >= 4 is 27.5 Å². The van der Waals surface area contributed by atoms with Crippen molar-refractivity contribution in [2.24, 2.45) is 5.92 Å². The first-order valence-corrected chi connectivity index (χ1v) is 7.27. The summed E-state index contributed by atoms with van der Waals surface area (Å²) in [6, 6.07) is 0. The highest BCUT2D eigenvalue weighted by Gasteiger charge is 2.18. The predicted molar refractivity (Wildman–Crippen MR) is 75.9 cm³/mol. The van der Waals surface area contributed by atoms with E-state index in [0.717, 1.165) is 35.1 Å². The Balaban J connectivity index is 1.98. The van der Waals surface area contributed by atoms with Crippen molar-refractivity contribution in [1.82, 2.24) is 14.4 Å². The highest BCUT2D eigenvalue weighted by molar-refractivity contribution is 9.10. The van der Waals surface area contributed by atoms with Crippen molar-refractivity contribution in [3.05, 3.63) is 23.1 Å². The Morgan fingerprint density at radius 3 is 3.06 bits per heavy atom. The van der Waals surface area contributed by atoms with Crippen molar-refractivity contribution in [2.75, 3.05) is 18.0 Å². The Morgan fingerprint density at radius 1 is 1.28 bits per heavy atom. The predicted octanol–water partition coefficient (Wildman–Crippen LogP) is 3.12. The second-order valence-electron chi connectivity index (χ2n) is 5.05. The molecule has 4 nitrogen and oxygen atoms in total. The lowest BCUT2D eigenvalue weighted by Crippen LogP contribution is -2.27. The van der Waals surface area contributed by atoms with E-state index in [9.17, 15) is 0 Å². The summed E-state index contributed by atoms with van der Waals surface area (Å²) in [6.45, 7) is 4.51. The average Bonchev–Trinajstić information content (AvgIpc) is 2.75. The first kappa shape index (κ1) is 12.0. The summed E-state index contributed by atoms with van der Waals surface area (Å²) in [5, 5.41) is 0. The monoisotopic (exact) mass is 308 g/mol. The summed E-state index contributed by atoms with van der Waals surface area (Å²) < 4.78 is 3.01. The molecule has 3 rings (SSSR count). The van der Waals surface area contributed by atoms with Crippen LogP contribution < -0.4 is 4.90 Å². The van der Waals surface area contributed by atoms with Crippen molar-refractivity contribution in [2.45, 2.75) is 26.2 Å². The van der Waals surface area contributed by atoms with E-state index in [4.69, 9.17) is 0 Å². The van der Waals surface area contributed by atoms with Gasteiger partial charge in [0, 0.05) is 31.7 Å². The molecule has 1 aliphatic rings. The van der Waals surface area contributed by atoms with Crippen LogP contribution in [0.25, 0.3) is 5.65 Å². The van der Waals surface area contributed by atoms with Crippen molar-refractivity contribution < 1.29 is 0 Å². The number of hydrogen-bond donors (Lipinski definition) is 0. The van der Waals surface area contributed by atoms with E-state index in [0.29, 0.717) is 0 Å². The fourth-order valence-electron chi connectivity index (χ4n) is 2.57. The summed E-state index contributed by atoms with van der Waals surface area (Å²) >= 11 is 3.49. The van der Waals surface area contributed by atoms with E-state index in [2.05, 4.69) is 42.1 Å². The minimum Gasteiger partial charge on any atom is -0.342 e. The number of halogens is 1. The van der Waals surface area contributed by atoms with Crippen LogP contribution in [-0.2, 0) is 0 Å². The Hall–Kier alpha value is -1.10. The normalized spacial score (nSPS) is 21.2. The summed E-state index contributed by atoms with van der Waals surface area (Å²) in [5.41, 5.74) is 0.942. The number of imidazole rings is 1. The fraction of sp³-hybridized carbons (Fsp3) is 0.538. The van der Waals surface area contributed by atoms with E-state index < -0.39 is 0 Å². The van der Waals surface area contributed by atoms with Gasteiger partial charge in [0.15, 0.2) is 5.65 Å². The van der Waals surface area contributed by atoms with Crippen LogP contribution in [0, 0.1) is 5.92 Å². The molecule has 0 bridgehead atoms. The zero-order chi connectivity index (χ0) is 12.5. The molecule has 96 valence electrons. The lowest BCUT2D eigenvalue weighted by molar-refractivity contribution is 0.520. The molecule has 0 saturated carbocycles. The van der Waals surface area contributed by atoms with Crippen LogP contribution in [0.15, 0.2) is 23.1 Å². The van der Waals surface area contributed by atoms with Crippen LogP contribution in [0.2, 0.25) is 0 Å². The summed E-state index contributed by atoms with van der Waals surface area (Å²) in [4.78, 5) is 11.3. The average molecular weight is 309 g/mol. The Labute approximate surface area is 115 Å². The van der Waals surface area contributed by atoms with Crippen LogP contribution in [-0.4, -0.2) is 27.5 Å². The van der Waals surface area contributed by atoms with Gasteiger partial charge in [-0.2, -0.15) is 0 Å². The van der Waals surface area contributed by atoms with E-state index in [1.54, 1.807) is 0 Å². The van der Waals surface area contributed by atoms with E-state index in [1.807, 2.05) is 18.6 Å². The van der Waals surface area contributed by atoms with E-state index in [1.165, 1.54) is 19.3 Å². The second kappa shape index (κ2) is 4.88. The van der Waals surface area contributed by atoms with Gasteiger partial charge in [-0.25, -0.2) is 9.97 Å². The maximum atomic E-state index is 4.57. The maximum Gasteiger partial charge on any atom is 0.211 e. The minimum absolute atomic E-state index is 0.823. The Kier molecular flexibility index (Phi) is 3.24. The first-order valence-electron chi connectivity index (χ1n) is 6.48. The standard InChI is InChI=1S/C13H17BrN4/c1-10-3-2-6-17(7-4-10)13-16-9-11(14)12-15-5-8-18(12)13/h5,8-10H,2-4,6-7H2,1H3/t10-/m1/s1. The van der Waals surface area contributed by atoms with Gasteiger partial charge in [-0.05, 0) is 41.1 Å². The number of fused-ring (bicyclic) bond motifs is 1. The van der Waals surface area contributed by atoms with Gasteiger partial charge in [-0.3, -0.25) is 4.40 Å². The molecule has 5 heteroatoms. The van der Waals surface area contributed by atoms with Crippen molar-refractivity contribution in [3.8, 4) is 0 Å². The molecule has 2 aromatic rings. The third-order valence-electron chi connectivity index (χ3n) is 3.66. The maximum absolute atomic E-state index is 4.57. The molecule has 0 unspecified atom stereocenters. The SMILES string of the molecule is C[C@@H]1CCCN(c2ncc(Br)c3nccn23)CC1.